The van der Waals surface area contributed by atoms with Crippen LogP contribution in [0, 0.1) is 0 Å². The van der Waals surface area contributed by atoms with Gasteiger partial charge in [-0.15, -0.1) is 0 Å². The van der Waals surface area contributed by atoms with E-state index < -0.39 is 0 Å². The first-order chi connectivity index (χ1) is 12.5. The summed E-state index contributed by atoms with van der Waals surface area (Å²) < 4.78 is 16.3. The molecule has 0 aliphatic carbocycles. The van der Waals surface area contributed by atoms with Crippen molar-refractivity contribution in [3.8, 4) is 11.5 Å². The molecule has 0 aliphatic heterocycles. The number of furan rings is 1. The molecule has 0 saturated heterocycles. The second-order valence-electron chi connectivity index (χ2n) is 6.39. The minimum atomic E-state index is -0.0500. The van der Waals surface area contributed by atoms with Gasteiger partial charge in [0.25, 0.3) is 0 Å². The molecule has 0 unspecified atom stereocenters. The summed E-state index contributed by atoms with van der Waals surface area (Å²) in [7, 11) is 1.61. The Labute approximate surface area is 152 Å². The van der Waals surface area contributed by atoms with Gasteiger partial charge in [-0.2, -0.15) is 0 Å². The summed E-state index contributed by atoms with van der Waals surface area (Å²) in [6.07, 6.45) is 2.04. The number of nitrogens with one attached hydrogen (secondary N) is 1. The molecule has 136 valence electrons. The highest BCUT2D eigenvalue weighted by atomic mass is 16.5. The van der Waals surface area contributed by atoms with Crippen LogP contribution in [0.5, 0.6) is 11.5 Å². The maximum absolute atomic E-state index is 12.3. The van der Waals surface area contributed by atoms with Gasteiger partial charge in [0.2, 0.25) is 5.91 Å². The van der Waals surface area contributed by atoms with E-state index in [4.69, 9.17) is 13.9 Å². The Kier molecular flexibility index (Phi) is 5.46. The van der Waals surface area contributed by atoms with Crippen LogP contribution in [0.2, 0.25) is 0 Å². The number of hydrogen-bond acceptors (Lipinski definition) is 4. The van der Waals surface area contributed by atoms with Gasteiger partial charge in [-0.05, 0) is 43.7 Å². The van der Waals surface area contributed by atoms with Crippen LogP contribution in [-0.4, -0.2) is 19.1 Å². The topological polar surface area (TPSA) is 60.7 Å². The zero-order valence-electron chi connectivity index (χ0n) is 15.2. The molecule has 1 aromatic heterocycles. The number of carbonyl (C=O) groups is 1. The lowest BCUT2D eigenvalue weighted by Crippen LogP contribution is -2.24. The van der Waals surface area contributed by atoms with Crippen molar-refractivity contribution in [2.75, 3.05) is 7.11 Å². The highest BCUT2D eigenvalue weighted by Crippen LogP contribution is 2.25. The van der Waals surface area contributed by atoms with Gasteiger partial charge in [0.05, 0.1) is 25.9 Å². The fourth-order valence-corrected chi connectivity index (χ4v) is 2.72. The predicted octanol–water partition coefficient (Wildman–Crippen LogP) is 4.09. The molecule has 26 heavy (non-hydrogen) atoms. The van der Waals surface area contributed by atoms with Crippen LogP contribution in [0.1, 0.15) is 25.0 Å². The summed E-state index contributed by atoms with van der Waals surface area (Å²) in [4.78, 5) is 12.3. The summed E-state index contributed by atoms with van der Waals surface area (Å²) in [5.74, 6) is 1.51. The molecule has 0 atom stereocenters. The van der Waals surface area contributed by atoms with Gasteiger partial charge in [-0.1, -0.05) is 12.1 Å². The smallest absolute Gasteiger partial charge is 0.224 e. The van der Waals surface area contributed by atoms with Crippen molar-refractivity contribution in [1.29, 1.82) is 0 Å². The minimum Gasteiger partial charge on any atom is -0.497 e. The minimum absolute atomic E-state index is 0.0500. The number of amides is 1. The Morgan fingerprint density at radius 1 is 1.12 bits per heavy atom. The maximum Gasteiger partial charge on any atom is 0.224 e. The zero-order valence-corrected chi connectivity index (χ0v) is 15.2. The van der Waals surface area contributed by atoms with E-state index in [1.165, 1.54) is 0 Å². The summed E-state index contributed by atoms with van der Waals surface area (Å²) in [6.45, 7) is 4.46. The van der Waals surface area contributed by atoms with Crippen molar-refractivity contribution < 1.29 is 18.7 Å². The molecule has 0 saturated carbocycles. The molecular weight excluding hydrogens is 330 g/mol. The monoisotopic (exact) mass is 353 g/mol. The first-order valence-corrected chi connectivity index (χ1v) is 8.61. The van der Waals surface area contributed by atoms with Gasteiger partial charge >= 0.3 is 0 Å². The molecule has 0 aliphatic rings. The lowest BCUT2D eigenvalue weighted by Gasteiger charge is -2.10. The molecular formula is C21H23NO4. The molecule has 3 aromatic rings. The molecule has 3 rings (SSSR count). The van der Waals surface area contributed by atoms with E-state index in [9.17, 15) is 4.79 Å². The highest BCUT2D eigenvalue weighted by Gasteiger charge is 2.11. The summed E-state index contributed by atoms with van der Waals surface area (Å²) in [5, 5.41) is 3.87. The highest BCUT2D eigenvalue weighted by molar-refractivity contribution is 5.88. The standard InChI is InChI=1S/C21H23NO4/c1-14(2)26-17-6-4-15(5-7-17)12-22-21(23)10-16-13-25-20-11-18(24-3)8-9-19(16)20/h4-9,11,13-14H,10,12H2,1-3H3,(H,22,23). The predicted molar refractivity (Wildman–Crippen MR) is 101 cm³/mol. The van der Waals surface area contributed by atoms with E-state index in [0.29, 0.717) is 12.1 Å². The van der Waals surface area contributed by atoms with E-state index in [1.54, 1.807) is 13.4 Å². The third-order valence-electron chi connectivity index (χ3n) is 4.00. The van der Waals surface area contributed by atoms with Gasteiger partial charge in [0, 0.05) is 23.6 Å². The molecule has 5 nitrogen and oxygen atoms in total. The lowest BCUT2D eigenvalue weighted by molar-refractivity contribution is -0.120. The molecule has 5 heteroatoms. The fraction of sp³-hybridized carbons (Fsp3) is 0.286. The van der Waals surface area contributed by atoms with E-state index in [1.807, 2.05) is 56.3 Å². The van der Waals surface area contributed by atoms with Crippen LogP contribution in [0.3, 0.4) is 0 Å². The van der Waals surface area contributed by atoms with E-state index in [-0.39, 0.29) is 18.4 Å². The number of ether oxygens (including phenoxy) is 2. The Morgan fingerprint density at radius 3 is 2.54 bits per heavy atom. The Hall–Kier alpha value is -2.95. The molecule has 0 spiro atoms. The normalized spacial score (nSPS) is 10.9. The fourth-order valence-electron chi connectivity index (χ4n) is 2.72. The van der Waals surface area contributed by atoms with Gasteiger partial charge in [0.15, 0.2) is 0 Å². The quantitative estimate of drug-likeness (QED) is 0.695. The van der Waals surface area contributed by atoms with Gasteiger partial charge in [0.1, 0.15) is 17.1 Å². The first-order valence-electron chi connectivity index (χ1n) is 8.61. The van der Waals surface area contributed by atoms with Crippen molar-refractivity contribution in [2.24, 2.45) is 0 Å². The van der Waals surface area contributed by atoms with Crippen molar-refractivity contribution in [3.05, 3.63) is 59.9 Å². The van der Waals surface area contributed by atoms with Crippen LogP contribution in [0.25, 0.3) is 11.0 Å². The molecule has 0 radical (unpaired) electrons. The first kappa shape index (κ1) is 17.9. The Morgan fingerprint density at radius 2 is 1.85 bits per heavy atom. The lowest BCUT2D eigenvalue weighted by atomic mass is 10.1. The van der Waals surface area contributed by atoms with Crippen LogP contribution in [0.4, 0.5) is 0 Å². The van der Waals surface area contributed by atoms with Gasteiger partial charge in [-0.25, -0.2) is 0 Å². The zero-order chi connectivity index (χ0) is 18.5. The summed E-state index contributed by atoms with van der Waals surface area (Å²) >= 11 is 0. The molecule has 2 aromatic carbocycles. The number of carbonyl (C=O) groups excluding carboxylic acids is 1. The molecule has 1 heterocycles. The maximum atomic E-state index is 12.3. The van der Waals surface area contributed by atoms with Crippen molar-refractivity contribution in [2.45, 2.75) is 32.9 Å². The van der Waals surface area contributed by atoms with E-state index >= 15 is 0 Å². The second-order valence-corrected chi connectivity index (χ2v) is 6.39. The summed E-state index contributed by atoms with van der Waals surface area (Å²) in [6, 6.07) is 13.3. The molecule has 1 amide bonds. The van der Waals surface area contributed by atoms with Crippen LogP contribution < -0.4 is 14.8 Å². The number of benzene rings is 2. The number of hydrogen-bond donors (Lipinski definition) is 1. The van der Waals surface area contributed by atoms with E-state index in [0.717, 1.165) is 28.0 Å². The van der Waals surface area contributed by atoms with Crippen molar-refractivity contribution in [3.63, 3.8) is 0 Å². The molecule has 1 N–H and O–H groups in total. The number of rotatable bonds is 7. The second kappa shape index (κ2) is 7.95. The molecule has 0 fully saturated rings. The average molecular weight is 353 g/mol. The van der Waals surface area contributed by atoms with Crippen LogP contribution in [-0.2, 0) is 17.8 Å². The van der Waals surface area contributed by atoms with Crippen LogP contribution in [0.15, 0.2) is 53.1 Å². The SMILES string of the molecule is COc1ccc2c(CC(=O)NCc3ccc(OC(C)C)cc3)coc2c1. The third-order valence-corrected chi connectivity index (χ3v) is 4.00. The van der Waals surface area contributed by atoms with Crippen molar-refractivity contribution >= 4 is 16.9 Å². The Bertz CT molecular complexity index is 881. The third kappa shape index (κ3) is 4.36. The van der Waals surface area contributed by atoms with Crippen molar-refractivity contribution in [1.82, 2.24) is 5.32 Å². The number of fused-ring (bicyclic) bond motifs is 1. The summed E-state index contributed by atoms with van der Waals surface area (Å²) in [5.41, 5.74) is 2.60. The number of methoxy groups -OCH3 is 1. The van der Waals surface area contributed by atoms with E-state index in [2.05, 4.69) is 5.32 Å². The Balaban J connectivity index is 1.57. The molecule has 0 bridgehead atoms. The van der Waals surface area contributed by atoms with Gasteiger partial charge in [-0.3, -0.25) is 4.79 Å². The average Bonchev–Trinajstić information content (AvgIpc) is 3.02. The van der Waals surface area contributed by atoms with Crippen LogP contribution >= 0.6 is 0 Å². The largest absolute Gasteiger partial charge is 0.497 e. The van der Waals surface area contributed by atoms with Gasteiger partial charge < -0.3 is 19.2 Å².